The first-order chi connectivity index (χ1) is 9.23. The fraction of sp³-hybridized carbons (Fsp3) is 0.647. The molecule has 0 radical (unpaired) electrons. The van der Waals surface area contributed by atoms with Gasteiger partial charge in [-0.05, 0) is 50.5 Å². The van der Waals surface area contributed by atoms with Crippen LogP contribution in [0.5, 0.6) is 0 Å². The third kappa shape index (κ3) is 3.55. The summed E-state index contributed by atoms with van der Waals surface area (Å²) >= 11 is 2.15. The number of aliphatic hydroxyl groups is 1. The quantitative estimate of drug-likeness (QED) is 0.890. The van der Waals surface area contributed by atoms with Gasteiger partial charge in [0.1, 0.15) is 0 Å². The van der Waals surface area contributed by atoms with Gasteiger partial charge in [0.15, 0.2) is 0 Å². The second-order valence-corrected chi connectivity index (χ2v) is 7.89. The van der Waals surface area contributed by atoms with Gasteiger partial charge in [0.05, 0.1) is 5.60 Å². The lowest BCUT2D eigenvalue weighted by Gasteiger charge is -2.44. The first-order valence-electron chi connectivity index (χ1n) is 7.65. The summed E-state index contributed by atoms with van der Waals surface area (Å²) in [6.07, 6.45) is 9.28. The summed E-state index contributed by atoms with van der Waals surface area (Å²) in [7, 11) is 0. The van der Waals surface area contributed by atoms with E-state index in [-0.39, 0.29) is 5.60 Å². The van der Waals surface area contributed by atoms with Crippen molar-refractivity contribution in [1.29, 1.82) is 0 Å². The standard InChI is InChI=1S/C17H24OS/c18-17(11-5-8-14-6-2-1-3-7-14)12-15-9-4-10-16(13-17)19-15/h1-3,6-7,15-16,18H,4-5,8-13H2. The summed E-state index contributed by atoms with van der Waals surface area (Å²) in [4.78, 5) is 0. The molecule has 2 bridgehead atoms. The lowest BCUT2D eigenvalue weighted by Crippen LogP contribution is -2.42. The lowest BCUT2D eigenvalue weighted by atomic mass is 9.82. The zero-order valence-electron chi connectivity index (χ0n) is 11.6. The third-order valence-corrected chi connectivity index (χ3v) is 6.18. The van der Waals surface area contributed by atoms with Crippen LogP contribution in [-0.4, -0.2) is 21.2 Å². The maximum atomic E-state index is 10.8. The van der Waals surface area contributed by atoms with Gasteiger partial charge in [-0.1, -0.05) is 36.8 Å². The molecule has 2 unspecified atom stereocenters. The summed E-state index contributed by atoms with van der Waals surface area (Å²) in [6, 6.07) is 10.7. The van der Waals surface area contributed by atoms with Crippen LogP contribution in [0.1, 0.15) is 50.5 Å². The van der Waals surface area contributed by atoms with Crippen LogP contribution >= 0.6 is 11.8 Å². The number of rotatable bonds is 4. The molecular formula is C17H24OS. The van der Waals surface area contributed by atoms with Gasteiger partial charge in [-0.15, -0.1) is 0 Å². The number of fused-ring (bicyclic) bond motifs is 2. The zero-order chi connectivity index (χ0) is 13.1. The van der Waals surface area contributed by atoms with Crippen LogP contribution < -0.4 is 0 Å². The number of benzene rings is 1. The van der Waals surface area contributed by atoms with Gasteiger partial charge in [0.2, 0.25) is 0 Å². The van der Waals surface area contributed by atoms with Gasteiger partial charge in [-0.2, -0.15) is 11.8 Å². The minimum absolute atomic E-state index is 0.365. The summed E-state index contributed by atoms with van der Waals surface area (Å²) in [6.45, 7) is 0. The molecule has 2 aliphatic heterocycles. The predicted octanol–water partition coefficient (Wildman–Crippen LogP) is 4.19. The zero-order valence-corrected chi connectivity index (χ0v) is 12.4. The van der Waals surface area contributed by atoms with E-state index in [4.69, 9.17) is 0 Å². The summed E-state index contributed by atoms with van der Waals surface area (Å²) in [5.41, 5.74) is 1.03. The maximum Gasteiger partial charge on any atom is 0.0669 e. The number of aryl methyl sites for hydroxylation is 1. The van der Waals surface area contributed by atoms with Crippen LogP contribution in [0.4, 0.5) is 0 Å². The van der Waals surface area contributed by atoms with Crippen molar-refractivity contribution in [2.45, 2.75) is 67.5 Å². The molecule has 1 aromatic carbocycles. The van der Waals surface area contributed by atoms with E-state index in [2.05, 4.69) is 42.1 Å². The molecule has 0 spiro atoms. The highest BCUT2D eigenvalue weighted by Gasteiger charge is 2.40. The highest BCUT2D eigenvalue weighted by atomic mass is 32.2. The molecule has 2 aliphatic rings. The second kappa shape index (κ2) is 5.88. The minimum atomic E-state index is -0.365. The molecule has 0 aromatic heterocycles. The fourth-order valence-electron chi connectivity index (χ4n) is 3.68. The number of hydrogen-bond acceptors (Lipinski definition) is 2. The Labute approximate surface area is 120 Å². The molecule has 0 aliphatic carbocycles. The highest BCUT2D eigenvalue weighted by molar-refractivity contribution is 8.00. The molecule has 0 saturated carbocycles. The molecule has 3 rings (SSSR count). The predicted molar refractivity (Wildman–Crippen MR) is 82.6 cm³/mol. The summed E-state index contributed by atoms with van der Waals surface area (Å²) in [5, 5.41) is 12.3. The molecule has 2 heterocycles. The lowest BCUT2D eigenvalue weighted by molar-refractivity contribution is 0.00299. The van der Waals surface area contributed by atoms with Crippen molar-refractivity contribution in [2.75, 3.05) is 0 Å². The average molecular weight is 276 g/mol. The van der Waals surface area contributed by atoms with Crippen molar-refractivity contribution >= 4 is 11.8 Å². The van der Waals surface area contributed by atoms with Crippen molar-refractivity contribution in [2.24, 2.45) is 0 Å². The van der Waals surface area contributed by atoms with E-state index in [1.807, 2.05) is 0 Å². The van der Waals surface area contributed by atoms with E-state index in [9.17, 15) is 5.11 Å². The molecule has 1 nitrogen and oxygen atoms in total. The SMILES string of the molecule is OC1(CCCc2ccccc2)CC2CCCC(C1)S2. The van der Waals surface area contributed by atoms with Gasteiger partial charge in [0, 0.05) is 10.5 Å². The topological polar surface area (TPSA) is 20.2 Å². The van der Waals surface area contributed by atoms with Crippen molar-refractivity contribution in [3.8, 4) is 0 Å². The van der Waals surface area contributed by atoms with E-state index in [1.54, 1.807) is 0 Å². The van der Waals surface area contributed by atoms with Gasteiger partial charge < -0.3 is 5.11 Å². The average Bonchev–Trinajstić information content (AvgIpc) is 2.39. The Hall–Kier alpha value is -0.470. The summed E-state index contributed by atoms with van der Waals surface area (Å²) < 4.78 is 0. The first kappa shape index (κ1) is 13.5. The van der Waals surface area contributed by atoms with E-state index in [0.717, 1.165) is 42.6 Å². The minimum Gasteiger partial charge on any atom is -0.390 e. The molecule has 0 amide bonds. The maximum absolute atomic E-state index is 10.8. The van der Waals surface area contributed by atoms with Crippen LogP contribution in [-0.2, 0) is 6.42 Å². The van der Waals surface area contributed by atoms with Crippen molar-refractivity contribution in [3.05, 3.63) is 35.9 Å². The number of hydrogen-bond donors (Lipinski definition) is 1. The van der Waals surface area contributed by atoms with Crippen molar-refractivity contribution in [1.82, 2.24) is 0 Å². The van der Waals surface area contributed by atoms with Crippen LogP contribution in [0.15, 0.2) is 30.3 Å². The van der Waals surface area contributed by atoms with Gasteiger partial charge >= 0.3 is 0 Å². The van der Waals surface area contributed by atoms with E-state index < -0.39 is 0 Å². The Kier molecular flexibility index (Phi) is 4.18. The van der Waals surface area contributed by atoms with Gasteiger partial charge in [0.25, 0.3) is 0 Å². The van der Waals surface area contributed by atoms with Crippen molar-refractivity contribution in [3.63, 3.8) is 0 Å². The highest BCUT2D eigenvalue weighted by Crippen LogP contribution is 2.47. The Morgan fingerprint density at radius 2 is 1.79 bits per heavy atom. The molecule has 2 fully saturated rings. The summed E-state index contributed by atoms with van der Waals surface area (Å²) in [5.74, 6) is 0. The molecule has 19 heavy (non-hydrogen) atoms. The molecule has 2 atom stereocenters. The van der Waals surface area contributed by atoms with Crippen LogP contribution in [0.2, 0.25) is 0 Å². The molecular weight excluding hydrogens is 252 g/mol. The third-order valence-electron chi connectivity index (χ3n) is 4.60. The first-order valence-corrected chi connectivity index (χ1v) is 8.60. The van der Waals surface area contributed by atoms with E-state index >= 15 is 0 Å². The molecule has 1 aromatic rings. The Bertz CT molecular complexity index is 391. The Morgan fingerprint density at radius 3 is 2.47 bits per heavy atom. The van der Waals surface area contributed by atoms with Gasteiger partial charge in [-0.3, -0.25) is 0 Å². The smallest absolute Gasteiger partial charge is 0.0669 e. The Balaban J connectivity index is 1.51. The molecule has 104 valence electrons. The number of thioether (sulfide) groups is 1. The molecule has 2 saturated heterocycles. The van der Waals surface area contributed by atoms with E-state index in [0.29, 0.717) is 0 Å². The van der Waals surface area contributed by atoms with Crippen molar-refractivity contribution < 1.29 is 5.11 Å². The largest absolute Gasteiger partial charge is 0.390 e. The van der Waals surface area contributed by atoms with E-state index in [1.165, 1.54) is 24.8 Å². The van der Waals surface area contributed by atoms with Crippen LogP contribution in [0, 0.1) is 0 Å². The van der Waals surface area contributed by atoms with Crippen LogP contribution in [0.3, 0.4) is 0 Å². The molecule has 2 heteroatoms. The van der Waals surface area contributed by atoms with Crippen LogP contribution in [0.25, 0.3) is 0 Å². The van der Waals surface area contributed by atoms with Gasteiger partial charge in [-0.25, -0.2) is 0 Å². The fourth-order valence-corrected chi connectivity index (χ4v) is 5.65. The Morgan fingerprint density at radius 1 is 1.11 bits per heavy atom. The second-order valence-electron chi connectivity index (χ2n) is 6.28. The normalized spacial score (nSPS) is 34.2. The molecule has 1 N–H and O–H groups in total. The monoisotopic (exact) mass is 276 g/mol.